The number of aliphatic hydroxyl groups is 1. The zero-order valence-corrected chi connectivity index (χ0v) is 9.46. The van der Waals surface area contributed by atoms with E-state index >= 15 is 0 Å². The van der Waals surface area contributed by atoms with E-state index in [-0.39, 0.29) is 0 Å². The molecule has 4 nitrogen and oxygen atoms in total. The molecule has 1 aromatic rings. The highest BCUT2D eigenvalue weighted by Gasteiger charge is 2.21. The molecule has 1 aliphatic rings. The molecule has 1 aromatic heterocycles. The number of rotatable bonds is 3. The molecule has 0 amide bonds. The van der Waals surface area contributed by atoms with Gasteiger partial charge in [0.15, 0.2) is 0 Å². The molecular formula is C10H14N2O2S. The Bertz CT molecular complexity index is 362. The van der Waals surface area contributed by atoms with E-state index in [2.05, 4.69) is 9.59 Å². The molecule has 0 saturated carbocycles. The fourth-order valence-electron chi connectivity index (χ4n) is 1.62. The molecule has 2 heterocycles. The van der Waals surface area contributed by atoms with Crippen LogP contribution in [-0.2, 0) is 11.2 Å². The maximum Gasteiger partial charge on any atom is 0.116 e. The van der Waals surface area contributed by atoms with Crippen molar-refractivity contribution in [1.82, 2.24) is 9.59 Å². The highest BCUT2D eigenvalue weighted by Crippen LogP contribution is 2.31. The van der Waals surface area contributed by atoms with Gasteiger partial charge in [-0.05, 0) is 36.4 Å². The molecule has 82 valence electrons. The Morgan fingerprint density at radius 3 is 3.20 bits per heavy atom. The number of ether oxygens (including phenoxy) is 1. The lowest BCUT2D eigenvalue weighted by molar-refractivity contribution is 0.172. The largest absolute Gasteiger partial charge is 0.501 e. The summed E-state index contributed by atoms with van der Waals surface area (Å²) in [5, 5.41) is 14.1. The monoisotopic (exact) mass is 226 g/mol. The standard InChI is InChI=1S/C10H14N2O2S/c1-2-8-10(15-12-11-8)9(13)7-4-3-5-14-6-7/h6,9,13H,2-5H2,1H3. The van der Waals surface area contributed by atoms with Crippen molar-refractivity contribution in [1.29, 1.82) is 0 Å². The maximum absolute atomic E-state index is 10.1. The number of hydrogen-bond donors (Lipinski definition) is 1. The second kappa shape index (κ2) is 4.72. The molecule has 1 N–H and O–H groups in total. The lowest BCUT2D eigenvalue weighted by Crippen LogP contribution is -2.08. The van der Waals surface area contributed by atoms with Crippen molar-refractivity contribution in [2.24, 2.45) is 0 Å². The molecule has 0 aromatic carbocycles. The molecule has 1 aliphatic heterocycles. The van der Waals surface area contributed by atoms with Crippen molar-refractivity contribution in [2.45, 2.75) is 32.3 Å². The van der Waals surface area contributed by atoms with Crippen molar-refractivity contribution in [3.63, 3.8) is 0 Å². The van der Waals surface area contributed by atoms with Crippen molar-refractivity contribution >= 4 is 11.5 Å². The van der Waals surface area contributed by atoms with Crippen LogP contribution >= 0.6 is 11.5 Å². The number of aryl methyl sites for hydroxylation is 1. The van der Waals surface area contributed by atoms with Gasteiger partial charge in [-0.2, -0.15) is 0 Å². The van der Waals surface area contributed by atoms with Crippen LogP contribution in [0.3, 0.4) is 0 Å². The third kappa shape index (κ3) is 2.18. The maximum atomic E-state index is 10.1. The van der Waals surface area contributed by atoms with Crippen LogP contribution in [0.2, 0.25) is 0 Å². The summed E-state index contributed by atoms with van der Waals surface area (Å²) in [4.78, 5) is 0.856. The summed E-state index contributed by atoms with van der Waals surface area (Å²) in [5.74, 6) is 0. The Labute approximate surface area is 92.8 Å². The number of aliphatic hydroxyl groups excluding tert-OH is 1. The van der Waals surface area contributed by atoms with Gasteiger partial charge in [0.05, 0.1) is 23.4 Å². The molecule has 0 spiro atoms. The fraction of sp³-hybridized carbons (Fsp3) is 0.600. The summed E-state index contributed by atoms with van der Waals surface area (Å²) in [7, 11) is 0. The third-order valence-electron chi connectivity index (χ3n) is 2.48. The van der Waals surface area contributed by atoms with Crippen molar-refractivity contribution in [3.8, 4) is 0 Å². The predicted molar refractivity (Wildman–Crippen MR) is 57.5 cm³/mol. The number of nitrogens with zero attached hydrogens (tertiary/aromatic N) is 2. The highest BCUT2D eigenvalue weighted by molar-refractivity contribution is 7.05. The predicted octanol–water partition coefficient (Wildman–Crippen LogP) is 1.83. The van der Waals surface area contributed by atoms with E-state index in [1.807, 2.05) is 6.92 Å². The van der Waals surface area contributed by atoms with Gasteiger partial charge in [-0.3, -0.25) is 0 Å². The van der Waals surface area contributed by atoms with Gasteiger partial charge in [0.1, 0.15) is 6.10 Å². The lowest BCUT2D eigenvalue weighted by Gasteiger charge is -2.17. The van der Waals surface area contributed by atoms with Crippen LogP contribution in [0.25, 0.3) is 0 Å². The van der Waals surface area contributed by atoms with E-state index in [1.54, 1.807) is 6.26 Å². The molecule has 1 atom stereocenters. The third-order valence-corrected chi connectivity index (χ3v) is 3.30. The first-order valence-electron chi connectivity index (χ1n) is 5.12. The molecule has 5 heteroatoms. The van der Waals surface area contributed by atoms with Crippen LogP contribution in [-0.4, -0.2) is 21.3 Å². The van der Waals surface area contributed by atoms with Gasteiger partial charge in [0.2, 0.25) is 0 Å². The summed E-state index contributed by atoms with van der Waals surface area (Å²) >= 11 is 1.27. The molecule has 2 rings (SSSR count). The van der Waals surface area contributed by atoms with Gasteiger partial charge in [-0.15, -0.1) is 5.10 Å². The molecule has 0 fully saturated rings. The van der Waals surface area contributed by atoms with Crippen LogP contribution in [0.4, 0.5) is 0 Å². The van der Waals surface area contributed by atoms with Gasteiger partial charge >= 0.3 is 0 Å². The van der Waals surface area contributed by atoms with E-state index in [9.17, 15) is 5.11 Å². The first-order valence-corrected chi connectivity index (χ1v) is 5.90. The zero-order valence-electron chi connectivity index (χ0n) is 8.64. The first kappa shape index (κ1) is 10.6. The SMILES string of the molecule is CCc1nnsc1C(O)C1=COCCC1. The first-order chi connectivity index (χ1) is 7.33. The van der Waals surface area contributed by atoms with Gasteiger partial charge in [0.25, 0.3) is 0 Å². The average Bonchev–Trinajstić information content (AvgIpc) is 2.77. The molecule has 0 radical (unpaired) electrons. The normalized spacial score (nSPS) is 18.1. The summed E-state index contributed by atoms with van der Waals surface area (Å²) in [6.45, 7) is 2.76. The van der Waals surface area contributed by atoms with E-state index in [0.29, 0.717) is 0 Å². The second-order valence-corrected chi connectivity index (χ2v) is 4.29. The Balaban J connectivity index is 2.19. The van der Waals surface area contributed by atoms with Crippen molar-refractivity contribution < 1.29 is 9.84 Å². The van der Waals surface area contributed by atoms with E-state index < -0.39 is 6.10 Å². The van der Waals surface area contributed by atoms with Crippen molar-refractivity contribution in [3.05, 3.63) is 22.4 Å². The van der Waals surface area contributed by atoms with Crippen LogP contribution in [0.5, 0.6) is 0 Å². The van der Waals surface area contributed by atoms with Crippen LogP contribution < -0.4 is 0 Å². The number of aromatic nitrogens is 2. The average molecular weight is 226 g/mol. The molecular weight excluding hydrogens is 212 g/mol. The topological polar surface area (TPSA) is 55.2 Å². The summed E-state index contributed by atoms with van der Waals surface area (Å²) < 4.78 is 9.09. The minimum atomic E-state index is -0.583. The van der Waals surface area contributed by atoms with E-state index in [4.69, 9.17) is 4.74 Å². The molecule has 0 aliphatic carbocycles. The van der Waals surface area contributed by atoms with Crippen molar-refractivity contribution in [2.75, 3.05) is 6.61 Å². The Morgan fingerprint density at radius 1 is 1.67 bits per heavy atom. The zero-order chi connectivity index (χ0) is 10.7. The summed E-state index contributed by atoms with van der Waals surface area (Å²) in [5.41, 5.74) is 1.82. The van der Waals surface area contributed by atoms with Crippen LogP contribution in [0.1, 0.15) is 36.4 Å². The van der Waals surface area contributed by atoms with Crippen LogP contribution in [0.15, 0.2) is 11.8 Å². The van der Waals surface area contributed by atoms with Gasteiger partial charge in [0, 0.05) is 0 Å². The Hall–Kier alpha value is -0.940. The molecule has 1 unspecified atom stereocenters. The lowest BCUT2D eigenvalue weighted by atomic mass is 10.0. The fourth-order valence-corrected chi connectivity index (χ4v) is 2.39. The van der Waals surface area contributed by atoms with E-state index in [0.717, 1.165) is 42.0 Å². The summed E-state index contributed by atoms with van der Waals surface area (Å²) in [6, 6.07) is 0. The summed E-state index contributed by atoms with van der Waals surface area (Å²) in [6.07, 6.45) is 3.75. The van der Waals surface area contributed by atoms with E-state index in [1.165, 1.54) is 11.5 Å². The second-order valence-electron chi connectivity index (χ2n) is 3.51. The minimum absolute atomic E-state index is 0.583. The number of hydrogen-bond acceptors (Lipinski definition) is 5. The van der Waals surface area contributed by atoms with Gasteiger partial charge in [-0.25, -0.2) is 0 Å². The highest BCUT2D eigenvalue weighted by atomic mass is 32.1. The smallest absolute Gasteiger partial charge is 0.116 e. The molecule has 15 heavy (non-hydrogen) atoms. The van der Waals surface area contributed by atoms with Crippen LogP contribution in [0, 0.1) is 0 Å². The van der Waals surface area contributed by atoms with Gasteiger partial charge < -0.3 is 9.84 Å². The quantitative estimate of drug-likeness (QED) is 0.854. The Kier molecular flexibility index (Phi) is 3.33. The minimum Gasteiger partial charge on any atom is -0.501 e. The molecule has 0 saturated heterocycles. The van der Waals surface area contributed by atoms with Gasteiger partial charge in [-0.1, -0.05) is 11.4 Å². The molecule has 0 bridgehead atoms. The Morgan fingerprint density at radius 2 is 2.53 bits per heavy atom.